The first-order chi connectivity index (χ1) is 9.88. The monoisotopic (exact) mass is 288 g/mol. The van der Waals surface area contributed by atoms with Gasteiger partial charge in [0.05, 0.1) is 0 Å². The maximum absolute atomic E-state index is 12.3. The van der Waals surface area contributed by atoms with Crippen molar-refractivity contribution in [3.63, 3.8) is 0 Å². The Hall–Kier alpha value is -1.84. The lowest BCUT2D eigenvalue weighted by Gasteiger charge is -2.33. The summed E-state index contributed by atoms with van der Waals surface area (Å²) >= 11 is 0. The first-order valence-corrected chi connectivity index (χ1v) is 7.53. The van der Waals surface area contributed by atoms with Gasteiger partial charge in [-0.15, -0.1) is 0 Å². The third kappa shape index (κ3) is 4.06. The van der Waals surface area contributed by atoms with E-state index < -0.39 is 0 Å². The fourth-order valence-corrected chi connectivity index (χ4v) is 2.39. The molecule has 0 spiro atoms. The number of carbonyl (C=O) groups excluding carboxylic acids is 2. The van der Waals surface area contributed by atoms with Crippen molar-refractivity contribution in [2.75, 3.05) is 13.1 Å². The van der Waals surface area contributed by atoms with Gasteiger partial charge in [-0.05, 0) is 25.0 Å². The van der Waals surface area contributed by atoms with Crippen molar-refractivity contribution in [1.29, 1.82) is 0 Å². The summed E-state index contributed by atoms with van der Waals surface area (Å²) in [7, 11) is 0. The molecule has 1 aliphatic rings. The molecule has 1 saturated heterocycles. The average molecular weight is 288 g/mol. The molecule has 0 bridgehead atoms. The normalized spacial score (nSPS) is 16.6. The molecule has 0 aliphatic carbocycles. The van der Waals surface area contributed by atoms with E-state index >= 15 is 0 Å². The topological polar surface area (TPSA) is 49.4 Å². The second-order valence-electron chi connectivity index (χ2n) is 6.66. The summed E-state index contributed by atoms with van der Waals surface area (Å²) in [6, 6.07) is 9.53. The molecule has 114 valence electrons. The Morgan fingerprint density at radius 2 is 1.67 bits per heavy atom. The second kappa shape index (κ2) is 6.29. The van der Waals surface area contributed by atoms with Crippen LogP contribution in [0.5, 0.6) is 0 Å². The number of piperidine rings is 1. The van der Waals surface area contributed by atoms with Crippen molar-refractivity contribution >= 4 is 11.8 Å². The summed E-state index contributed by atoms with van der Waals surface area (Å²) in [4.78, 5) is 26.2. The summed E-state index contributed by atoms with van der Waals surface area (Å²) in [6.07, 6.45) is 1.64. The highest BCUT2D eigenvalue weighted by atomic mass is 16.2. The van der Waals surface area contributed by atoms with Gasteiger partial charge in [0.1, 0.15) is 0 Å². The third-order valence-electron chi connectivity index (χ3n) is 3.82. The van der Waals surface area contributed by atoms with Crippen molar-refractivity contribution in [2.45, 2.75) is 39.7 Å². The number of nitrogens with zero attached hydrogens (tertiary/aromatic N) is 1. The molecule has 0 atom stereocenters. The van der Waals surface area contributed by atoms with E-state index in [0.29, 0.717) is 13.1 Å². The zero-order valence-electron chi connectivity index (χ0n) is 13.1. The largest absolute Gasteiger partial charge is 0.353 e. The quantitative estimate of drug-likeness (QED) is 0.908. The molecule has 2 amide bonds. The molecule has 1 aliphatic heterocycles. The Kier molecular flexibility index (Phi) is 4.66. The van der Waals surface area contributed by atoms with Crippen LogP contribution < -0.4 is 5.32 Å². The van der Waals surface area contributed by atoms with Gasteiger partial charge >= 0.3 is 0 Å². The van der Waals surface area contributed by atoms with E-state index in [1.54, 1.807) is 0 Å². The number of hydrogen-bond donors (Lipinski definition) is 1. The summed E-state index contributed by atoms with van der Waals surface area (Å²) in [5.74, 6) is 0.159. The minimum atomic E-state index is -0.364. The predicted octanol–water partition coefficient (Wildman–Crippen LogP) is 2.45. The Labute approximate surface area is 126 Å². The second-order valence-corrected chi connectivity index (χ2v) is 6.66. The maximum Gasteiger partial charge on any atom is 0.253 e. The first-order valence-electron chi connectivity index (χ1n) is 7.53. The molecule has 1 aromatic rings. The molecular weight excluding hydrogens is 264 g/mol. The number of likely N-dealkylation sites (tertiary alicyclic amines) is 1. The van der Waals surface area contributed by atoms with E-state index in [2.05, 4.69) is 5.32 Å². The van der Waals surface area contributed by atoms with Crippen molar-refractivity contribution in [3.05, 3.63) is 35.9 Å². The van der Waals surface area contributed by atoms with E-state index in [4.69, 9.17) is 0 Å². The lowest BCUT2D eigenvalue weighted by Crippen LogP contribution is -2.49. The molecule has 4 heteroatoms. The third-order valence-corrected chi connectivity index (χ3v) is 3.82. The molecule has 0 radical (unpaired) electrons. The average Bonchev–Trinajstić information content (AvgIpc) is 2.47. The number of amides is 2. The van der Waals surface area contributed by atoms with Crippen LogP contribution in [0, 0.1) is 5.41 Å². The van der Waals surface area contributed by atoms with Crippen LogP contribution in [-0.2, 0) is 4.79 Å². The van der Waals surface area contributed by atoms with Gasteiger partial charge in [-0.25, -0.2) is 0 Å². The Bertz CT molecular complexity index is 497. The van der Waals surface area contributed by atoms with Gasteiger partial charge < -0.3 is 10.2 Å². The van der Waals surface area contributed by atoms with Crippen molar-refractivity contribution in [3.8, 4) is 0 Å². The van der Waals surface area contributed by atoms with E-state index in [9.17, 15) is 9.59 Å². The molecule has 4 nitrogen and oxygen atoms in total. The molecule has 1 N–H and O–H groups in total. The van der Waals surface area contributed by atoms with Gasteiger partial charge in [0, 0.05) is 30.1 Å². The fourth-order valence-electron chi connectivity index (χ4n) is 2.39. The van der Waals surface area contributed by atoms with Crippen LogP contribution >= 0.6 is 0 Å². The highest BCUT2D eigenvalue weighted by Gasteiger charge is 2.28. The van der Waals surface area contributed by atoms with Gasteiger partial charge in [0.25, 0.3) is 5.91 Å². The fraction of sp³-hybridized carbons (Fsp3) is 0.529. The number of hydrogen-bond acceptors (Lipinski definition) is 2. The Morgan fingerprint density at radius 3 is 2.19 bits per heavy atom. The summed E-state index contributed by atoms with van der Waals surface area (Å²) in [5, 5.41) is 3.08. The number of carbonyl (C=O) groups is 2. The van der Waals surface area contributed by atoms with Gasteiger partial charge in [0.2, 0.25) is 5.91 Å². The molecule has 1 aromatic carbocycles. The minimum Gasteiger partial charge on any atom is -0.353 e. The van der Waals surface area contributed by atoms with E-state index in [-0.39, 0.29) is 23.3 Å². The minimum absolute atomic E-state index is 0.0790. The van der Waals surface area contributed by atoms with Gasteiger partial charge in [-0.3, -0.25) is 9.59 Å². The number of rotatable bonds is 2. The van der Waals surface area contributed by atoms with Crippen molar-refractivity contribution in [2.24, 2.45) is 5.41 Å². The molecule has 0 aromatic heterocycles. The van der Waals surface area contributed by atoms with Crippen LogP contribution in [0.1, 0.15) is 44.0 Å². The first kappa shape index (κ1) is 15.5. The van der Waals surface area contributed by atoms with Crippen molar-refractivity contribution < 1.29 is 9.59 Å². The zero-order chi connectivity index (χ0) is 15.5. The lowest BCUT2D eigenvalue weighted by molar-refractivity contribution is -0.129. The molecule has 21 heavy (non-hydrogen) atoms. The Morgan fingerprint density at radius 1 is 1.10 bits per heavy atom. The number of benzene rings is 1. The van der Waals surface area contributed by atoms with E-state index in [0.717, 1.165) is 18.4 Å². The van der Waals surface area contributed by atoms with Crippen molar-refractivity contribution in [1.82, 2.24) is 10.2 Å². The number of nitrogens with one attached hydrogen (secondary N) is 1. The van der Waals surface area contributed by atoms with Gasteiger partial charge in [0.15, 0.2) is 0 Å². The summed E-state index contributed by atoms with van der Waals surface area (Å²) in [5.41, 5.74) is 0.367. The van der Waals surface area contributed by atoms with Crippen LogP contribution in [0.3, 0.4) is 0 Å². The lowest BCUT2D eigenvalue weighted by atomic mass is 9.94. The zero-order valence-corrected chi connectivity index (χ0v) is 13.1. The molecule has 1 fully saturated rings. The SMILES string of the molecule is CC(C)(C)C(=O)NC1CCN(C(=O)c2ccccc2)CC1. The van der Waals surface area contributed by atoms with Gasteiger partial charge in [-0.1, -0.05) is 39.0 Å². The van der Waals surface area contributed by atoms with Gasteiger partial charge in [-0.2, -0.15) is 0 Å². The molecule has 0 unspecified atom stereocenters. The highest BCUT2D eigenvalue weighted by molar-refractivity contribution is 5.94. The smallest absolute Gasteiger partial charge is 0.253 e. The predicted molar refractivity (Wildman–Crippen MR) is 83.0 cm³/mol. The molecule has 2 rings (SSSR count). The van der Waals surface area contributed by atoms with Crippen LogP contribution in [0.2, 0.25) is 0 Å². The van der Waals surface area contributed by atoms with E-state index in [1.165, 1.54) is 0 Å². The molecule has 0 saturated carbocycles. The molecular formula is C17H24N2O2. The van der Waals surface area contributed by atoms with Crippen LogP contribution in [0.4, 0.5) is 0 Å². The van der Waals surface area contributed by atoms with Crippen LogP contribution in [-0.4, -0.2) is 35.8 Å². The highest BCUT2D eigenvalue weighted by Crippen LogP contribution is 2.17. The Balaban J connectivity index is 1.86. The van der Waals surface area contributed by atoms with E-state index in [1.807, 2.05) is 56.0 Å². The molecule has 1 heterocycles. The maximum atomic E-state index is 12.3. The standard InChI is InChI=1S/C17H24N2O2/c1-17(2,3)16(21)18-14-9-11-19(12-10-14)15(20)13-7-5-4-6-8-13/h4-8,14H,9-12H2,1-3H3,(H,18,21). The summed E-state index contributed by atoms with van der Waals surface area (Å²) < 4.78 is 0. The van der Waals surface area contributed by atoms with Crippen LogP contribution in [0.25, 0.3) is 0 Å². The summed E-state index contributed by atoms with van der Waals surface area (Å²) in [6.45, 7) is 7.13. The van der Waals surface area contributed by atoms with Crippen LogP contribution in [0.15, 0.2) is 30.3 Å².